The lowest BCUT2D eigenvalue weighted by Crippen LogP contribution is -2.20. The molecule has 0 unspecified atom stereocenters. The van der Waals surface area contributed by atoms with E-state index in [2.05, 4.69) is 14.7 Å². The topological polar surface area (TPSA) is 74.1 Å². The Balaban J connectivity index is 2.20. The van der Waals surface area contributed by atoms with Gasteiger partial charge in [0.1, 0.15) is 5.15 Å². The molecular weight excluding hydrogens is 270 g/mol. The standard InChI is InChI=1S/C12H10ClN3O3/c1-19-12(18)8-2-3-9(14-5-8)6-16-7-15-10(13)4-11(16)17/h2-5,7H,6H2,1H3. The zero-order chi connectivity index (χ0) is 13.8. The van der Waals surface area contributed by atoms with E-state index in [1.54, 1.807) is 12.1 Å². The molecule has 0 atom stereocenters. The third-order valence-electron chi connectivity index (χ3n) is 2.42. The molecule has 0 aliphatic carbocycles. The summed E-state index contributed by atoms with van der Waals surface area (Å²) >= 11 is 5.60. The van der Waals surface area contributed by atoms with Crippen molar-refractivity contribution in [1.29, 1.82) is 0 Å². The van der Waals surface area contributed by atoms with E-state index in [1.807, 2.05) is 0 Å². The van der Waals surface area contributed by atoms with Gasteiger partial charge in [0.2, 0.25) is 0 Å². The molecule has 0 saturated carbocycles. The number of nitrogens with zero attached hydrogens (tertiary/aromatic N) is 3. The van der Waals surface area contributed by atoms with Crippen molar-refractivity contribution >= 4 is 17.6 Å². The van der Waals surface area contributed by atoms with Crippen LogP contribution in [0.25, 0.3) is 0 Å². The van der Waals surface area contributed by atoms with Crippen LogP contribution in [-0.4, -0.2) is 27.6 Å². The predicted molar refractivity (Wildman–Crippen MR) is 68.2 cm³/mol. The van der Waals surface area contributed by atoms with E-state index in [1.165, 1.54) is 30.3 Å². The number of ether oxygens (including phenoxy) is 1. The fraction of sp³-hybridized carbons (Fsp3) is 0.167. The molecule has 0 aliphatic rings. The minimum atomic E-state index is -0.454. The molecule has 19 heavy (non-hydrogen) atoms. The predicted octanol–water partition coefficient (Wildman–Crippen LogP) is 1.13. The van der Waals surface area contributed by atoms with Crippen LogP contribution >= 0.6 is 11.6 Å². The number of pyridine rings is 1. The number of esters is 1. The summed E-state index contributed by atoms with van der Waals surface area (Å²) in [6.45, 7) is 0.254. The summed E-state index contributed by atoms with van der Waals surface area (Å²) in [5.74, 6) is -0.454. The molecule has 2 heterocycles. The third kappa shape index (κ3) is 3.17. The second-order valence-corrected chi connectivity index (χ2v) is 4.09. The maximum atomic E-state index is 11.6. The monoisotopic (exact) mass is 279 g/mol. The van der Waals surface area contributed by atoms with Crippen LogP contribution in [0.1, 0.15) is 16.1 Å². The Labute approximate surface area is 113 Å². The highest BCUT2D eigenvalue weighted by molar-refractivity contribution is 6.29. The van der Waals surface area contributed by atoms with Gasteiger partial charge in [-0.25, -0.2) is 9.78 Å². The fourth-order valence-electron chi connectivity index (χ4n) is 1.45. The molecule has 0 N–H and O–H groups in total. The zero-order valence-corrected chi connectivity index (χ0v) is 10.8. The van der Waals surface area contributed by atoms with E-state index < -0.39 is 5.97 Å². The highest BCUT2D eigenvalue weighted by Gasteiger charge is 2.06. The SMILES string of the molecule is COC(=O)c1ccc(Cn2cnc(Cl)cc2=O)nc1. The van der Waals surface area contributed by atoms with Crippen molar-refractivity contribution in [2.45, 2.75) is 6.54 Å². The molecule has 2 rings (SSSR count). The first kappa shape index (κ1) is 13.2. The summed E-state index contributed by atoms with van der Waals surface area (Å²) in [7, 11) is 1.30. The van der Waals surface area contributed by atoms with Crippen molar-refractivity contribution in [3.8, 4) is 0 Å². The van der Waals surface area contributed by atoms with Crippen molar-refractivity contribution in [2.75, 3.05) is 7.11 Å². The fourth-order valence-corrected chi connectivity index (χ4v) is 1.59. The molecule has 0 bridgehead atoms. The molecule has 2 aromatic heterocycles. The molecule has 0 spiro atoms. The van der Waals surface area contributed by atoms with Crippen LogP contribution in [0.5, 0.6) is 0 Å². The number of carbonyl (C=O) groups is 1. The van der Waals surface area contributed by atoms with Crippen molar-refractivity contribution in [2.24, 2.45) is 0 Å². The second kappa shape index (κ2) is 5.62. The molecule has 0 saturated heterocycles. The molecular formula is C12H10ClN3O3. The average Bonchev–Trinajstić information content (AvgIpc) is 2.42. The zero-order valence-electron chi connectivity index (χ0n) is 10.0. The number of aromatic nitrogens is 3. The molecule has 0 fully saturated rings. The average molecular weight is 280 g/mol. The maximum Gasteiger partial charge on any atom is 0.339 e. The summed E-state index contributed by atoms with van der Waals surface area (Å²) in [4.78, 5) is 30.7. The molecule has 7 heteroatoms. The first-order valence-electron chi connectivity index (χ1n) is 5.35. The van der Waals surface area contributed by atoms with Gasteiger partial charge in [0.15, 0.2) is 0 Å². The summed E-state index contributed by atoms with van der Waals surface area (Å²) in [6, 6.07) is 4.46. The van der Waals surface area contributed by atoms with Gasteiger partial charge in [0.25, 0.3) is 5.56 Å². The number of halogens is 1. The third-order valence-corrected chi connectivity index (χ3v) is 2.63. The Morgan fingerprint density at radius 1 is 1.42 bits per heavy atom. The van der Waals surface area contributed by atoms with Crippen LogP contribution in [-0.2, 0) is 11.3 Å². The number of hydrogen-bond donors (Lipinski definition) is 0. The molecule has 0 aromatic carbocycles. The van der Waals surface area contributed by atoms with Crippen molar-refractivity contribution < 1.29 is 9.53 Å². The second-order valence-electron chi connectivity index (χ2n) is 3.71. The lowest BCUT2D eigenvalue weighted by molar-refractivity contribution is 0.0600. The van der Waals surface area contributed by atoms with Crippen LogP contribution in [0.4, 0.5) is 0 Å². The lowest BCUT2D eigenvalue weighted by Gasteiger charge is -2.05. The molecule has 0 aliphatic heterocycles. The quantitative estimate of drug-likeness (QED) is 0.622. The summed E-state index contributed by atoms with van der Waals surface area (Å²) < 4.78 is 5.93. The summed E-state index contributed by atoms with van der Waals surface area (Å²) in [5.41, 5.74) is 0.713. The van der Waals surface area contributed by atoms with Gasteiger partial charge >= 0.3 is 5.97 Å². The van der Waals surface area contributed by atoms with Crippen LogP contribution in [0.3, 0.4) is 0 Å². The van der Waals surface area contributed by atoms with Gasteiger partial charge in [-0.3, -0.25) is 14.3 Å². The molecule has 6 nitrogen and oxygen atoms in total. The maximum absolute atomic E-state index is 11.6. The Morgan fingerprint density at radius 3 is 2.79 bits per heavy atom. The van der Waals surface area contributed by atoms with E-state index in [-0.39, 0.29) is 17.3 Å². The van der Waals surface area contributed by atoms with Crippen molar-refractivity contribution in [3.05, 3.63) is 57.5 Å². The Kier molecular flexibility index (Phi) is 3.91. The van der Waals surface area contributed by atoms with Gasteiger partial charge in [-0.15, -0.1) is 0 Å². The van der Waals surface area contributed by atoms with Crippen LogP contribution in [0.15, 0.2) is 35.5 Å². The van der Waals surface area contributed by atoms with Gasteiger partial charge in [-0.1, -0.05) is 11.6 Å². The van der Waals surface area contributed by atoms with Crippen molar-refractivity contribution in [3.63, 3.8) is 0 Å². The highest BCUT2D eigenvalue weighted by atomic mass is 35.5. The van der Waals surface area contributed by atoms with E-state index >= 15 is 0 Å². The van der Waals surface area contributed by atoms with Crippen LogP contribution < -0.4 is 5.56 Å². The van der Waals surface area contributed by atoms with E-state index in [4.69, 9.17) is 11.6 Å². The van der Waals surface area contributed by atoms with E-state index in [9.17, 15) is 9.59 Å². The molecule has 2 aromatic rings. The van der Waals surface area contributed by atoms with E-state index in [0.29, 0.717) is 11.3 Å². The van der Waals surface area contributed by atoms with Gasteiger partial charge in [0.05, 0.1) is 31.2 Å². The van der Waals surface area contributed by atoms with Crippen LogP contribution in [0.2, 0.25) is 5.15 Å². The summed E-state index contributed by atoms with van der Waals surface area (Å²) in [5, 5.41) is 0.148. The van der Waals surface area contributed by atoms with Gasteiger partial charge in [-0.2, -0.15) is 0 Å². The Hall–Kier alpha value is -2.21. The van der Waals surface area contributed by atoms with Gasteiger partial charge in [-0.05, 0) is 12.1 Å². The summed E-state index contributed by atoms with van der Waals surface area (Å²) in [6.07, 6.45) is 2.75. The number of rotatable bonds is 3. The van der Waals surface area contributed by atoms with Crippen molar-refractivity contribution in [1.82, 2.24) is 14.5 Å². The molecule has 98 valence electrons. The smallest absolute Gasteiger partial charge is 0.339 e. The Morgan fingerprint density at radius 2 is 2.21 bits per heavy atom. The van der Waals surface area contributed by atoms with Gasteiger partial charge < -0.3 is 4.74 Å². The van der Waals surface area contributed by atoms with Gasteiger partial charge in [0, 0.05) is 12.3 Å². The molecule has 0 radical (unpaired) electrons. The minimum Gasteiger partial charge on any atom is -0.465 e. The van der Waals surface area contributed by atoms with E-state index in [0.717, 1.165) is 0 Å². The number of hydrogen-bond acceptors (Lipinski definition) is 5. The normalized spacial score (nSPS) is 10.2. The van der Waals surface area contributed by atoms with Crippen LogP contribution in [0, 0.1) is 0 Å². The first-order chi connectivity index (χ1) is 9.10. The largest absolute Gasteiger partial charge is 0.465 e. The Bertz CT molecular complexity index is 652. The highest BCUT2D eigenvalue weighted by Crippen LogP contribution is 2.04. The minimum absolute atomic E-state index is 0.148. The number of carbonyl (C=O) groups excluding carboxylic acids is 1. The molecule has 0 amide bonds. The first-order valence-corrected chi connectivity index (χ1v) is 5.73. The lowest BCUT2D eigenvalue weighted by atomic mass is 10.2. The number of methoxy groups -OCH3 is 1.